The molecule has 0 bridgehead atoms. The van der Waals surface area contributed by atoms with E-state index in [9.17, 15) is 14.4 Å². The quantitative estimate of drug-likeness (QED) is 0.422. The molecule has 1 rings (SSSR count). The van der Waals surface area contributed by atoms with Crippen LogP contribution in [0.1, 0.15) is 46.1 Å². The zero-order chi connectivity index (χ0) is 20.6. The molecule has 0 heterocycles. The Morgan fingerprint density at radius 3 is 1.78 bits per heavy atom. The van der Waals surface area contributed by atoms with Crippen LogP contribution >= 0.6 is 0 Å². The number of carbonyl (C=O) groups is 3. The van der Waals surface area contributed by atoms with Crippen molar-refractivity contribution in [1.82, 2.24) is 0 Å². The van der Waals surface area contributed by atoms with Crippen LogP contribution in [0.15, 0.2) is 24.3 Å². The van der Waals surface area contributed by atoms with Crippen LogP contribution in [0.5, 0.6) is 0 Å². The molecule has 0 amide bonds. The molecule has 0 radical (unpaired) electrons. The molecule has 0 saturated heterocycles. The van der Waals surface area contributed by atoms with Gasteiger partial charge in [-0.3, -0.25) is 14.4 Å². The van der Waals surface area contributed by atoms with Gasteiger partial charge in [0.05, 0.1) is 13.2 Å². The summed E-state index contributed by atoms with van der Waals surface area (Å²) in [4.78, 5) is 38.0. The van der Waals surface area contributed by atoms with Gasteiger partial charge in [-0.25, -0.2) is 0 Å². The molecule has 0 saturated carbocycles. The van der Waals surface area contributed by atoms with E-state index >= 15 is 0 Å². The average molecular weight is 379 g/mol. The fourth-order valence-corrected chi connectivity index (χ4v) is 2.52. The van der Waals surface area contributed by atoms with Gasteiger partial charge in [0.2, 0.25) is 0 Å². The summed E-state index contributed by atoms with van der Waals surface area (Å²) in [5, 5.41) is 2.98. The predicted octanol–water partition coefficient (Wildman–Crippen LogP) is 2.90. The zero-order valence-corrected chi connectivity index (χ0v) is 16.8. The summed E-state index contributed by atoms with van der Waals surface area (Å²) in [6, 6.07) is 6.85. The summed E-state index contributed by atoms with van der Waals surface area (Å²) >= 11 is 0. The molecule has 1 aromatic rings. The fraction of sp³-hybridized carbons (Fsp3) is 0.550. The Balaban J connectivity index is 3.42. The molecule has 0 fully saturated rings. The molecule has 1 N–H and O–H groups in total. The largest absolute Gasteiger partial charge is 0.465 e. The van der Waals surface area contributed by atoms with Gasteiger partial charge in [0.1, 0.15) is 11.5 Å². The van der Waals surface area contributed by atoms with Crippen LogP contribution in [-0.4, -0.2) is 43.8 Å². The van der Waals surface area contributed by atoms with Gasteiger partial charge in [-0.15, -0.1) is 0 Å². The number of rotatable bonds is 8. The van der Waals surface area contributed by atoms with E-state index in [1.54, 1.807) is 65.9 Å². The van der Waals surface area contributed by atoms with Gasteiger partial charge in [0.15, 0.2) is 5.92 Å². The van der Waals surface area contributed by atoms with E-state index in [0.717, 1.165) is 5.69 Å². The van der Waals surface area contributed by atoms with Gasteiger partial charge in [-0.05, 0) is 52.3 Å². The number of anilines is 1. The van der Waals surface area contributed by atoms with E-state index in [1.165, 1.54) is 0 Å². The maximum Gasteiger partial charge on any atom is 0.321 e. The standard InChI is InChI=1S/C20H29NO6/c1-7-25-17(22)16(18(23)26-8-2)15(19(24)27-20(3,4)5)13-9-11-14(21-6)12-10-13/h9-12,15-16,21H,7-8H2,1-6H3. The van der Waals surface area contributed by atoms with Crippen LogP contribution in [0.4, 0.5) is 5.69 Å². The van der Waals surface area contributed by atoms with Gasteiger partial charge in [-0.2, -0.15) is 0 Å². The number of hydrogen-bond donors (Lipinski definition) is 1. The number of ether oxygens (including phenoxy) is 3. The van der Waals surface area contributed by atoms with Crippen LogP contribution in [0.25, 0.3) is 0 Å². The molecule has 1 unspecified atom stereocenters. The second-order valence-electron chi connectivity index (χ2n) is 6.86. The number of esters is 3. The Kier molecular flexibility index (Phi) is 8.28. The highest BCUT2D eigenvalue weighted by Crippen LogP contribution is 2.31. The van der Waals surface area contributed by atoms with Crippen molar-refractivity contribution < 1.29 is 28.6 Å². The predicted molar refractivity (Wildman–Crippen MR) is 101 cm³/mol. The lowest BCUT2D eigenvalue weighted by molar-refractivity contribution is -0.172. The molecule has 0 aliphatic carbocycles. The maximum absolute atomic E-state index is 12.9. The lowest BCUT2D eigenvalue weighted by atomic mass is 9.85. The first-order chi connectivity index (χ1) is 12.6. The molecular formula is C20H29NO6. The van der Waals surface area contributed by atoms with Crippen molar-refractivity contribution in [2.75, 3.05) is 25.6 Å². The van der Waals surface area contributed by atoms with Crippen molar-refractivity contribution in [3.63, 3.8) is 0 Å². The van der Waals surface area contributed by atoms with E-state index in [1.807, 2.05) is 0 Å². The van der Waals surface area contributed by atoms with Gasteiger partial charge >= 0.3 is 17.9 Å². The minimum Gasteiger partial charge on any atom is -0.465 e. The zero-order valence-electron chi connectivity index (χ0n) is 16.8. The van der Waals surface area contributed by atoms with E-state index < -0.39 is 35.3 Å². The first kappa shape index (κ1) is 22.5. The van der Waals surface area contributed by atoms with Crippen LogP contribution in [0.3, 0.4) is 0 Å². The third-order valence-electron chi connectivity index (χ3n) is 3.63. The average Bonchev–Trinajstić information content (AvgIpc) is 2.58. The van der Waals surface area contributed by atoms with Crippen molar-refractivity contribution in [3.05, 3.63) is 29.8 Å². The molecule has 7 heteroatoms. The Hall–Kier alpha value is -2.57. The van der Waals surface area contributed by atoms with Crippen molar-refractivity contribution in [2.24, 2.45) is 5.92 Å². The second-order valence-corrected chi connectivity index (χ2v) is 6.86. The van der Waals surface area contributed by atoms with E-state index in [-0.39, 0.29) is 13.2 Å². The lowest BCUT2D eigenvalue weighted by Gasteiger charge is -2.27. The summed E-state index contributed by atoms with van der Waals surface area (Å²) in [5.74, 6) is -4.94. The summed E-state index contributed by atoms with van der Waals surface area (Å²) in [5.41, 5.74) is 0.508. The Labute approximate surface area is 160 Å². The third kappa shape index (κ3) is 6.58. The monoisotopic (exact) mass is 379 g/mol. The van der Waals surface area contributed by atoms with Crippen LogP contribution in [0, 0.1) is 5.92 Å². The highest BCUT2D eigenvalue weighted by atomic mass is 16.6. The molecule has 0 aliphatic rings. The second kappa shape index (κ2) is 9.94. The lowest BCUT2D eigenvalue weighted by Crippen LogP contribution is -2.39. The molecule has 1 atom stereocenters. The molecule has 27 heavy (non-hydrogen) atoms. The SMILES string of the molecule is CCOC(=O)C(C(=O)OCC)C(C(=O)OC(C)(C)C)c1ccc(NC)cc1. The van der Waals surface area contributed by atoms with Gasteiger partial charge in [0.25, 0.3) is 0 Å². The van der Waals surface area contributed by atoms with Crippen molar-refractivity contribution in [3.8, 4) is 0 Å². The summed E-state index contributed by atoms with van der Waals surface area (Å²) in [7, 11) is 1.76. The number of carbonyl (C=O) groups excluding carboxylic acids is 3. The van der Waals surface area contributed by atoms with E-state index in [2.05, 4.69) is 5.32 Å². The van der Waals surface area contributed by atoms with E-state index in [0.29, 0.717) is 5.56 Å². The first-order valence-electron chi connectivity index (χ1n) is 8.98. The molecule has 1 aromatic carbocycles. The minimum absolute atomic E-state index is 0.0778. The van der Waals surface area contributed by atoms with Crippen LogP contribution in [0.2, 0.25) is 0 Å². The summed E-state index contributed by atoms with van der Waals surface area (Å²) in [6.07, 6.45) is 0. The molecule has 0 aliphatic heterocycles. The van der Waals surface area contributed by atoms with Crippen LogP contribution < -0.4 is 5.32 Å². The number of benzene rings is 1. The maximum atomic E-state index is 12.9. The molecule has 150 valence electrons. The summed E-state index contributed by atoms with van der Waals surface area (Å²) < 4.78 is 15.6. The molecular weight excluding hydrogens is 350 g/mol. The number of nitrogens with one attached hydrogen (secondary N) is 1. The smallest absolute Gasteiger partial charge is 0.321 e. The van der Waals surface area contributed by atoms with Crippen LogP contribution in [-0.2, 0) is 28.6 Å². The molecule has 0 aromatic heterocycles. The van der Waals surface area contributed by atoms with Gasteiger partial charge in [-0.1, -0.05) is 12.1 Å². The first-order valence-corrected chi connectivity index (χ1v) is 8.98. The Morgan fingerprint density at radius 1 is 0.926 bits per heavy atom. The fourth-order valence-electron chi connectivity index (χ4n) is 2.52. The Bertz CT molecular complexity index is 629. The number of hydrogen-bond acceptors (Lipinski definition) is 7. The topological polar surface area (TPSA) is 90.9 Å². The molecule has 7 nitrogen and oxygen atoms in total. The highest BCUT2D eigenvalue weighted by Gasteiger charge is 2.44. The third-order valence-corrected chi connectivity index (χ3v) is 3.63. The van der Waals surface area contributed by atoms with Crippen molar-refractivity contribution >= 4 is 23.6 Å². The highest BCUT2D eigenvalue weighted by molar-refractivity contribution is 6.01. The molecule has 0 spiro atoms. The minimum atomic E-state index is -1.44. The van der Waals surface area contributed by atoms with Crippen molar-refractivity contribution in [2.45, 2.75) is 46.1 Å². The summed E-state index contributed by atoms with van der Waals surface area (Å²) in [6.45, 7) is 8.57. The van der Waals surface area contributed by atoms with Crippen molar-refractivity contribution in [1.29, 1.82) is 0 Å². The van der Waals surface area contributed by atoms with Gasteiger partial charge < -0.3 is 19.5 Å². The van der Waals surface area contributed by atoms with Gasteiger partial charge in [0, 0.05) is 12.7 Å². The normalized spacial score (nSPS) is 12.3. The van der Waals surface area contributed by atoms with E-state index in [4.69, 9.17) is 14.2 Å². The Morgan fingerprint density at radius 2 is 1.41 bits per heavy atom.